The first kappa shape index (κ1) is 13.9. The van der Waals surface area contributed by atoms with Crippen LogP contribution in [0.15, 0.2) is 24.3 Å². The molecule has 2 aliphatic rings. The fourth-order valence-corrected chi connectivity index (χ4v) is 3.20. The van der Waals surface area contributed by atoms with Gasteiger partial charge in [0.15, 0.2) is 0 Å². The fourth-order valence-electron chi connectivity index (χ4n) is 3.20. The molecule has 0 spiro atoms. The van der Waals surface area contributed by atoms with Gasteiger partial charge in [0, 0.05) is 18.7 Å². The Morgan fingerprint density at radius 1 is 1.25 bits per heavy atom. The third-order valence-electron chi connectivity index (χ3n) is 4.48. The molecule has 0 aliphatic carbocycles. The van der Waals surface area contributed by atoms with Crippen molar-refractivity contribution in [2.45, 2.75) is 24.9 Å². The van der Waals surface area contributed by atoms with Gasteiger partial charge in [-0.3, -0.25) is 4.90 Å². The molecule has 2 aliphatic heterocycles. The summed E-state index contributed by atoms with van der Waals surface area (Å²) in [6, 6.07) is 8.20. The van der Waals surface area contributed by atoms with Crippen molar-refractivity contribution in [3.63, 3.8) is 0 Å². The van der Waals surface area contributed by atoms with Gasteiger partial charge in [0.25, 0.3) is 0 Å². The summed E-state index contributed by atoms with van der Waals surface area (Å²) in [7, 11) is 1.73. The van der Waals surface area contributed by atoms with E-state index in [1.54, 1.807) is 7.11 Å². The molecule has 1 aromatic rings. The van der Waals surface area contributed by atoms with E-state index in [0.717, 1.165) is 32.1 Å². The summed E-state index contributed by atoms with van der Waals surface area (Å²) in [5.74, 6) is 0.958. The van der Waals surface area contributed by atoms with Crippen LogP contribution >= 0.6 is 0 Å². The van der Waals surface area contributed by atoms with Gasteiger partial charge in [-0.1, -0.05) is 18.2 Å². The maximum Gasteiger partial charge on any atom is 0.123 e. The second kappa shape index (κ2) is 6.12. The topological polar surface area (TPSA) is 33.7 Å². The summed E-state index contributed by atoms with van der Waals surface area (Å²) < 4.78 is 10.9. The number of nitrogens with one attached hydrogen (secondary N) is 1. The molecule has 20 heavy (non-hydrogen) atoms. The van der Waals surface area contributed by atoms with Crippen LogP contribution in [0.4, 0.5) is 0 Å². The Hall–Kier alpha value is -1.10. The Labute approximate surface area is 121 Å². The molecule has 1 N–H and O–H groups in total. The van der Waals surface area contributed by atoms with Crippen molar-refractivity contribution in [2.24, 2.45) is 0 Å². The monoisotopic (exact) mass is 276 g/mol. The molecular weight excluding hydrogens is 252 g/mol. The van der Waals surface area contributed by atoms with Crippen molar-refractivity contribution >= 4 is 0 Å². The first-order valence-corrected chi connectivity index (χ1v) is 7.49. The van der Waals surface area contributed by atoms with Crippen LogP contribution in [-0.4, -0.2) is 50.4 Å². The van der Waals surface area contributed by atoms with Crippen LogP contribution in [0.5, 0.6) is 5.75 Å². The highest BCUT2D eigenvalue weighted by molar-refractivity contribution is 5.33. The van der Waals surface area contributed by atoms with Gasteiger partial charge in [-0.2, -0.15) is 0 Å². The van der Waals surface area contributed by atoms with Crippen molar-refractivity contribution in [2.75, 3.05) is 40.0 Å². The zero-order valence-electron chi connectivity index (χ0n) is 12.2. The molecule has 2 saturated heterocycles. The molecule has 3 rings (SSSR count). The lowest BCUT2D eigenvalue weighted by Crippen LogP contribution is -2.66. The molecular formula is C16H24N2O2. The van der Waals surface area contributed by atoms with Gasteiger partial charge in [0.1, 0.15) is 5.75 Å². The van der Waals surface area contributed by atoms with E-state index in [-0.39, 0.29) is 5.54 Å². The molecule has 4 nitrogen and oxygen atoms in total. The van der Waals surface area contributed by atoms with Crippen molar-refractivity contribution in [1.82, 2.24) is 10.2 Å². The molecule has 2 heterocycles. The molecule has 0 saturated carbocycles. The van der Waals surface area contributed by atoms with E-state index in [0.29, 0.717) is 0 Å². The summed E-state index contributed by atoms with van der Waals surface area (Å²) in [4.78, 5) is 2.60. The third-order valence-corrected chi connectivity index (χ3v) is 4.48. The van der Waals surface area contributed by atoms with Crippen LogP contribution < -0.4 is 10.1 Å². The average Bonchev–Trinajstić information content (AvgIpc) is 2.96. The van der Waals surface area contributed by atoms with Crippen LogP contribution in [-0.2, 0) is 11.3 Å². The normalized spacial score (nSPS) is 21.6. The number of ether oxygens (including phenoxy) is 2. The van der Waals surface area contributed by atoms with Crippen LogP contribution in [0.1, 0.15) is 18.4 Å². The van der Waals surface area contributed by atoms with Gasteiger partial charge in [-0.05, 0) is 32.0 Å². The Kier molecular flexibility index (Phi) is 4.24. The Morgan fingerprint density at radius 3 is 2.65 bits per heavy atom. The first-order chi connectivity index (χ1) is 9.84. The van der Waals surface area contributed by atoms with E-state index in [1.165, 1.54) is 31.5 Å². The number of hydrogen-bond donors (Lipinski definition) is 1. The second-order valence-corrected chi connectivity index (χ2v) is 5.83. The number of nitrogens with zero attached hydrogens (tertiary/aromatic N) is 1. The molecule has 110 valence electrons. The first-order valence-electron chi connectivity index (χ1n) is 7.49. The summed E-state index contributed by atoms with van der Waals surface area (Å²) in [6.07, 6.45) is 2.66. The zero-order valence-corrected chi connectivity index (χ0v) is 12.2. The van der Waals surface area contributed by atoms with Crippen LogP contribution in [0.2, 0.25) is 0 Å². The van der Waals surface area contributed by atoms with Gasteiger partial charge < -0.3 is 14.8 Å². The Morgan fingerprint density at radius 2 is 2.00 bits per heavy atom. The maximum absolute atomic E-state index is 5.49. The van der Waals surface area contributed by atoms with Crippen molar-refractivity contribution < 1.29 is 9.47 Å². The molecule has 0 unspecified atom stereocenters. The molecule has 0 bridgehead atoms. The Bertz CT molecular complexity index is 440. The molecule has 0 aromatic heterocycles. The minimum atomic E-state index is 0.235. The van der Waals surface area contributed by atoms with E-state index in [1.807, 2.05) is 12.1 Å². The van der Waals surface area contributed by atoms with E-state index in [2.05, 4.69) is 22.3 Å². The smallest absolute Gasteiger partial charge is 0.123 e. The molecule has 0 radical (unpaired) electrons. The summed E-state index contributed by atoms with van der Waals surface area (Å²) in [6.45, 7) is 6.02. The van der Waals surface area contributed by atoms with Gasteiger partial charge >= 0.3 is 0 Å². The summed E-state index contributed by atoms with van der Waals surface area (Å²) >= 11 is 0. The van der Waals surface area contributed by atoms with E-state index < -0.39 is 0 Å². The third kappa shape index (κ3) is 2.68. The number of likely N-dealkylation sites (tertiary alicyclic amines) is 1. The molecule has 0 amide bonds. The number of benzene rings is 1. The van der Waals surface area contributed by atoms with Crippen molar-refractivity contribution in [1.29, 1.82) is 0 Å². The fraction of sp³-hybridized carbons (Fsp3) is 0.625. The van der Waals surface area contributed by atoms with Gasteiger partial charge in [0.2, 0.25) is 0 Å². The molecule has 1 aromatic carbocycles. The van der Waals surface area contributed by atoms with Gasteiger partial charge in [-0.15, -0.1) is 0 Å². The van der Waals surface area contributed by atoms with Crippen LogP contribution in [0, 0.1) is 0 Å². The van der Waals surface area contributed by atoms with Crippen molar-refractivity contribution in [3.05, 3.63) is 29.8 Å². The predicted molar refractivity (Wildman–Crippen MR) is 79.1 cm³/mol. The molecule has 4 heteroatoms. The molecule has 0 atom stereocenters. The largest absolute Gasteiger partial charge is 0.496 e. The minimum absolute atomic E-state index is 0.235. The quantitative estimate of drug-likeness (QED) is 0.856. The summed E-state index contributed by atoms with van der Waals surface area (Å²) in [5, 5.41) is 3.59. The van der Waals surface area contributed by atoms with Crippen LogP contribution in [0.3, 0.4) is 0 Å². The highest BCUT2D eigenvalue weighted by atomic mass is 16.5. The van der Waals surface area contributed by atoms with E-state index in [9.17, 15) is 0 Å². The lowest BCUT2D eigenvalue weighted by molar-refractivity contribution is -0.131. The summed E-state index contributed by atoms with van der Waals surface area (Å²) in [5.41, 5.74) is 1.45. The average molecular weight is 276 g/mol. The van der Waals surface area contributed by atoms with Crippen molar-refractivity contribution in [3.8, 4) is 5.75 Å². The SMILES string of the molecule is COc1ccccc1CNCC1(N2CCCC2)COC1. The van der Waals surface area contributed by atoms with Crippen LogP contribution in [0.25, 0.3) is 0 Å². The number of rotatable bonds is 6. The predicted octanol–water partition coefficient (Wildman–Crippen LogP) is 1.65. The lowest BCUT2D eigenvalue weighted by Gasteiger charge is -2.48. The highest BCUT2D eigenvalue weighted by Crippen LogP contribution is 2.28. The Balaban J connectivity index is 1.56. The zero-order chi connectivity index (χ0) is 13.8. The minimum Gasteiger partial charge on any atom is -0.496 e. The van der Waals surface area contributed by atoms with E-state index in [4.69, 9.17) is 9.47 Å². The highest BCUT2D eigenvalue weighted by Gasteiger charge is 2.44. The second-order valence-electron chi connectivity index (χ2n) is 5.83. The number of hydrogen-bond acceptors (Lipinski definition) is 4. The van der Waals surface area contributed by atoms with Gasteiger partial charge in [0.05, 0.1) is 25.9 Å². The van der Waals surface area contributed by atoms with Gasteiger partial charge in [-0.25, -0.2) is 0 Å². The lowest BCUT2D eigenvalue weighted by atomic mass is 9.95. The molecule has 2 fully saturated rings. The standard InChI is InChI=1S/C16H24N2O2/c1-19-15-7-3-2-6-14(15)10-17-11-16(12-20-13-16)18-8-4-5-9-18/h2-3,6-7,17H,4-5,8-13H2,1H3. The van der Waals surface area contributed by atoms with E-state index >= 15 is 0 Å². The maximum atomic E-state index is 5.49. The number of methoxy groups -OCH3 is 1. The number of para-hydroxylation sites is 1.